The number of hydrogen-bond donors (Lipinski definition) is 1. The third-order valence-corrected chi connectivity index (χ3v) is 2.89. The van der Waals surface area contributed by atoms with Crippen molar-refractivity contribution in [2.24, 2.45) is 11.7 Å². The largest absolute Gasteiger partial charge is 0.337 e. The van der Waals surface area contributed by atoms with E-state index in [2.05, 4.69) is 31.2 Å². The summed E-state index contributed by atoms with van der Waals surface area (Å²) in [6.07, 6.45) is 9.08. The topological polar surface area (TPSA) is 44.5 Å². The average Bonchev–Trinajstić information content (AvgIpc) is 2.37. The van der Waals surface area contributed by atoms with Gasteiger partial charge in [-0.3, -0.25) is 5.73 Å². The van der Waals surface area contributed by atoms with Gasteiger partial charge in [0.1, 0.15) is 0 Å². The van der Waals surface area contributed by atoms with Crippen molar-refractivity contribution in [3.05, 3.63) is 35.5 Å². The molecule has 3 unspecified atom stereocenters. The zero-order chi connectivity index (χ0) is 11.5. The highest BCUT2D eigenvalue weighted by molar-refractivity contribution is 5.37. The Hall–Kier alpha value is -0.900. The second kappa shape index (κ2) is 4.95. The van der Waals surface area contributed by atoms with Gasteiger partial charge in [-0.15, -0.1) is 0 Å². The molecule has 16 heavy (non-hydrogen) atoms. The van der Waals surface area contributed by atoms with Crippen LogP contribution in [-0.2, 0) is 9.47 Å². The summed E-state index contributed by atoms with van der Waals surface area (Å²) >= 11 is 0. The molecule has 0 aromatic heterocycles. The van der Waals surface area contributed by atoms with E-state index in [0.717, 1.165) is 6.42 Å². The van der Waals surface area contributed by atoms with Crippen LogP contribution >= 0.6 is 0 Å². The Balaban J connectivity index is 2.24. The fourth-order valence-corrected chi connectivity index (χ4v) is 1.95. The predicted octanol–water partition coefficient (Wildman–Crippen LogP) is 2.11. The fraction of sp³-hybridized carbons (Fsp3) is 0.538. The van der Waals surface area contributed by atoms with Gasteiger partial charge in [-0.2, -0.15) is 0 Å². The van der Waals surface area contributed by atoms with Crippen molar-refractivity contribution in [2.75, 3.05) is 6.61 Å². The Morgan fingerprint density at radius 3 is 2.62 bits per heavy atom. The van der Waals surface area contributed by atoms with Gasteiger partial charge in [-0.1, -0.05) is 31.2 Å². The molecule has 0 bridgehead atoms. The van der Waals surface area contributed by atoms with Crippen molar-refractivity contribution in [1.82, 2.24) is 0 Å². The maximum Gasteiger partial charge on any atom is 0.214 e. The monoisotopic (exact) mass is 221 g/mol. The first-order chi connectivity index (χ1) is 7.65. The smallest absolute Gasteiger partial charge is 0.214 e. The Morgan fingerprint density at radius 2 is 1.88 bits per heavy atom. The second-order valence-corrected chi connectivity index (χ2v) is 4.46. The molecule has 3 atom stereocenters. The molecule has 0 fully saturated rings. The molecule has 0 aromatic rings. The van der Waals surface area contributed by atoms with Crippen LogP contribution in [0.15, 0.2) is 35.5 Å². The summed E-state index contributed by atoms with van der Waals surface area (Å²) < 4.78 is 10.9. The van der Waals surface area contributed by atoms with Crippen LogP contribution in [0.1, 0.15) is 20.3 Å². The van der Waals surface area contributed by atoms with Gasteiger partial charge in [-0.05, 0) is 30.4 Å². The average molecular weight is 221 g/mol. The van der Waals surface area contributed by atoms with Gasteiger partial charge in [0, 0.05) is 0 Å². The van der Waals surface area contributed by atoms with Gasteiger partial charge in [0.15, 0.2) is 0 Å². The predicted molar refractivity (Wildman–Crippen MR) is 63.6 cm³/mol. The minimum Gasteiger partial charge on any atom is -0.337 e. The SMILES string of the molecule is CC1C=CC2=C(C=C1)CC(C)OC(N)OC2. The van der Waals surface area contributed by atoms with Crippen molar-refractivity contribution in [2.45, 2.75) is 32.8 Å². The number of rotatable bonds is 0. The van der Waals surface area contributed by atoms with E-state index in [1.165, 1.54) is 11.1 Å². The molecule has 0 saturated heterocycles. The Kier molecular flexibility index (Phi) is 3.59. The van der Waals surface area contributed by atoms with Crippen molar-refractivity contribution in [3.63, 3.8) is 0 Å². The molecule has 0 radical (unpaired) electrons. The first-order valence-corrected chi connectivity index (χ1v) is 5.76. The maximum atomic E-state index is 5.67. The lowest BCUT2D eigenvalue weighted by molar-refractivity contribution is -0.159. The third-order valence-electron chi connectivity index (χ3n) is 2.89. The minimum absolute atomic E-state index is 0.0896. The normalized spacial score (nSPS) is 35.3. The van der Waals surface area contributed by atoms with Crippen LogP contribution < -0.4 is 5.73 Å². The zero-order valence-corrected chi connectivity index (χ0v) is 9.85. The van der Waals surface area contributed by atoms with Crippen LogP contribution in [0.2, 0.25) is 0 Å². The lowest BCUT2D eigenvalue weighted by atomic mass is 10.0. The van der Waals surface area contributed by atoms with Gasteiger partial charge in [0.25, 0.3) is 0 Å². The summed E-state index contributed by atoms with van der Waals surface area (Å²) in [5, 5.41) is 0. The molecule has 88 valence electrons. The lowest BCUT2D eigenvalue weighted by Crippen LogP contribution is -2.33. The van der Waals surface area contributed by atoms with E-state index >= 15 is 0 Å². The quantitative estimate of drug-likeness (QED) is 0.681. The van der Waals surface area contributed by atoms with Gasteiger partial charge >= 0.3 is 0 Å². The number of hydrogen-bond acceptors (Lipinski definition) is 3. The Labute approximate surface area is 96.6 Å². The molecule has 0 saturated carbocycles. The van der Waals surface area contributed by atoms with Crippen LogP contribution in [-0.4, -0.2) is 19.1 Å². The molecule has 0 aromatic carbocycles. The molecule has 0 amide bonds. The van der Waals surface area contributed by atoms with Crippen LogP contribution in [0, 0.1) is 5.92 Å². The van der Waals surface area contributed by atoms with E-state index in [1.807, 2.05) is 6.92 Å². The molecule has 1 aliphatic carbocycles. The Bertz CT molecular complexity index is 344. The third kappa shape index (κ3) is 2.82. The molecular weight excluding hydrogens is 202 g/mol. The minimum atomic E-state index is -0.609. The summed E-state index contributed by atoms with van der Waals surface area (Å²) in [6, 6.07) is 0. The number of ether oxygens (including phenoxy) is 2. The van der Waals surface area contributed by atoms with E-state index < -0.39 is 6.41 Å². The van der Waals surface area contributed by atoms with Crippen LogP contribution in [0.3, 0.4) is 0 Å². The molecule has 2 rings (SSSR count). The number of allylic oxidation sites excluding steroid dienone is 3. The highest BCUT2D eigenvalue weighted by atomic mass is 16.7. The molecule has 3 heteroatoms. The summed E-state index contributed by atoms with van der Waals surface area (Å²) in [5.41, 5.74) is 8.18. The highest BCUT2D eigenvalue weighted by Gasteiger charge is 2.17. The van der Waals surface area contributed by atoms with Crippen LogP contribution in [0.25, 0.3) is 0 Å². The van der Waals surface area contributed by atoms with E-state index in [1.54, 1.807) is 0 Å². The number of nitrogens with two attached hydrogens (primary N) is 1. The summed E-state index contributed by atoms with van der Waals surface area (Å²) in [5.74, 6) is 0.471. The van der Waals surface area contributed by atoms with Crippen molar-refractivity contribution in [1.29, 1.82) is 0 Å². The van der Waals surface area contributed by atoms with Crippen LogP contribution in [0.4, 0.5) is 0 Å². The van der Waals surface area contributed by atoms with E-state index in [0.29, 0.717) is 12.5 Å². The zero-order valence-electron chi connectivity index (χ0n) is 9.85. The first kappa shape index (κ1) is 11.6. The van der Waals surface area contributed by atoms with E-state index in [4.69, 9.17) is 15.2 Å². The Morgan fingerprint density at radius 1 is 1.19 bits per heavy atom. The highest BCUT2D eigenvalue weighted by Crippen LogP contribution is 2.23. The van der Waals surface area contributed by atoms with Gasteiger partial charge < -0.3 is 9.47 Å². The molecule has 1 aliphatic heterocycles. The van der Waals surface area contributed by atoms with Crippen molar-refractivity contribution in [3.8, 4) is 0 Å². The summed E-state index contributed by atoms with van der Waals surface area (Å²) in [7, 11) is 0. The fourth-order valence-electron chi connectivity index (χ4n) is 1.95. The molecule has 1 heterocycles. The van der Waals surface area contributed by atoms with E-state index in [-0.39, 0.29) is 6.10 Å². The molecule has 0 spiro atoms. The first-order valence-electron chi connectivity index (χ1n) is 5.76. The maximum absolute atomic E-state index is 5.67. The molecular formula is C13H19NO2. The standard InChI is InChI=1S/C13H19NO2/c1-9-3-5-11-7-10(2)16-13(14)15-8-12(11)6-4-9/h3-6,9-10,13H,7-8,14H2,1-2H3. The molecule has 3 nitrogen and oxygen atoms in total. The van der Waals surface area contributed by atoms with Crippen LogP contribution in [0.5, 0.6) is 0 Å². The van der Waals surface area contributed by atoms with Crippen molar-refractivity contribution < 1.29 is 9.47 Å². The van der Waals surface area contributed by atoms with Gasteiger partial charge in [0.05, 0.1) is 12.7 Å². The van der Waals surface area contributed by atoms with Crippen molar-refractivity contribution >= 4 is 0 Å². The van der Waals surface area contributed by atoms with Gasteiger partial charge in [-0.25, -0.2) is 0 Å². The molecule has 2 N–H and O–H groups in total. The molecule has 2 aliphatic rings. The second-order valence-electron chi connectivity index (χ2n) is 4.46. The van der Waals surface area contributed by atoms with E-state index in [9.17, 15) is 0 Å². The van der Waals surface area contributed by atoms with Gasteiger partial charge in [0.2, 0.25) is 6.41 Å². The summed E-state index contributed by atoms with van der Waals surface area (Å²) in [6.45, 7) is 4.71. The lowest BCUT2D eigenvalue weighted by Gasteiger charge is -2.24. The summed E-state index contributed by atoms with van der Waals surface area (Å²) in [4.78, 5) is 0.